The summed E-state index contributed by atoms with van der Waals surface area (Å²) >= 11 is 4.78. The van der Waals surface area contributed by atoms with Crippen LogP contribution >= 0.6 is 27.7 Å². The van der Waals surface area contributed by atoms with Crippen molar-refractivity contribution in [1.29, 1.82) is 0 Å². The zero-order valence-electron chi connectivity index (χ0n) is 13.4. The van der Waals surface area contributed by atoms with Crippen LogP contribution in [-0.4, -0.2) is 24.2 Å². The molecule has 7 heteroatoms. The standard InChI is InChI=1S/C17H18BrNO4S/c1-11-8-13(18)5-6-15(11)24-10-17(21)23-9-16(20)19-12(2)14-4-3-7-22-14/h3-8,12H,9-10H2,1-2H3,(H,19,20)/t12-/m1/s1. The fourth-order valence-electron chi connectivity index (χ4n) is 1.99. The number of rotatable bonds is 7. The van der Waals surface area contributed by atoms with Gasteiger partial charge in [-0.15, -0.1) is 11.8 Å². The Morgan fingerprint density at radius 1 is 1.38 bits per heavy atom. The summed E-state index contributed by atoms with van der Waals surface area (Å²) < 4.78 is 11.2. The molecule has 0 radical (unpaired) electrons. The average Bonchev–Trinajstić information content (AvgIpc) is 3.06. The van der Waals surface area contributed by atoms with Gasteiger partial charge in [0.25, 0.3) is 5.91 Å². The van der Waals surface area contributed by atoms with E-state index >= 15 is 0 Å². The third-order valence-electron chi connectivity index (χ3n) is 3.19. The monoisotopic (exact) mass is 411 g/mol. The number of hydrogen-bond acceptors (Lipinski definition) is 5. The van der Waals surface area contributed by atoms with Crippen LogP contribution in [0.25, 0.3) is 0 Å². The van der Waals surface area contributed by atoms with Gasteiger partial charge in [-0.25, -0.2) is 0 Å². The van der Waals surface area contributed by atoms with Crippen LogP contribution in [0.5, 0.6) is 0 Å². The molecule has 0 aliphatic carbocycles. The highest BCUT2D eigenvalue weighted by Gasteiger charge is 2.14. The number of ether oxygens (including phenoxy) is 1. The molecule has 0 bridgehead atoms. The summed E-state index contributed by atoms with van der Waals surface area (Å²) in [5.74, 6) is 0.0138. The summed E-state index contributed by atoms with van der Waals surface area (Å²) in [6.45, 7) is 3.47. The van der Waals surface area contributed by atoms with E-state index in [1.807, 2.05) is 25.1 Å². The summed E-state index contributed by atoms with van der Waals surface area (Å²) in [4.78, 5) is 24.5. The molecule has 0 unspecified atom stereocenters. The van der Waals surface area contributed by atoms with Crippen molar-refractivity contribution in [2.24, 2.45) is 0 Å². The molecule has 0 saturated carbocycles. The Kier molecular flexibility index (Phi) is 6.93. The van der Waals surface area contributed by atoms with Crippen LogP contribution in [0.4, 0.5) is 0 Å². The molecule has 128 valence electrons. The highest BCUT2D eigenvalue weighted by molar-refractivity contribution is 9.10. The molecule has 24 heavy (non-hydrogen) atoms. The second kappa shape index (κ2) is 8.94. The molecule has 1 heterocycles. The first kappa shape index (κ1) is 18.6. The lowest BCUT2D eigenvalue weighted by atomic mass is 10.2. The zero-order chi connectivity index (χ0) is 17.5. The van der Waals surface area contributed by atoms with E-state index in [1.165, 1.54) is 11.8 Å². The van der Waals surface area contributed by atoms with Crippen molar-refractivity contribution in [3.05, 3.63) is 52.4 Å². The average molecular weight is 412 g/mol. The fraction of sp³-hybridized carbons (Fsp3) is 0.294. The second-order valence-corrected chi connectivity index (χ2v) is 7.10. The van der Waals surface area contributed by atoms with Gasteiger partial charge in [0.2, 0.25) is 0 Å². The third-order valence-corrected chi connectivity index (χ3v) is 4.84. The van der Waals surface area contributed by atoms with Crippen molar-refractivity contribution in [1.82, 2.24) is 5.32 Å². The molecule has 0 aliphatic rings. The summed E-state index contributed by atoms with van der Waals surface area (Å²) in [6, 6.07) is 9.09. The quantitative estimate of drug-likeness (QED) is 0.553. The van der Waals surface area contributed by atoms with Crippen LogP contribution in [-0.2, 0) is 14.3 Å². The third kappa shape index (κ3) is 5.72. The number of carbonyl (C=O) groups is 2. The number of furan rings is 1. The predicted octanol–water partition coefficient (Wildman–Crippen LogP) is 3.86. The molecule has 2 rings (SSSR count). The normalized spacial score (nSPS) is 11.8. The fourth-order valence-corrected chi connectivity index (χ4v) is 3.27. The number of halogens is 1. The van der Waals surface area contributed by atoms with Crippen molar-refractivity contribution < 1.29 is 18.7 Å². The molecule has 0 saturated heterocycles. The number of thioether (sulfide) groups is 1. The Balaban J connectivity index is 1.71. The van der Waals surface area contributed by atoms with Gasteiger partial charge in [0.1, 0.15) is 5.76 Å². The topological polar surface area (TPSA) is 68.5 Å². The Morgan fingerprint density at radius 3 is 2.83 bits per heavy atom. The van der Waals surface area contributed by atoms with Crippen LogP contribution in [0.1, 0.15) is 24.3 Å². The lowest BCUT2D eigenvalue weighted by Crippen LogP contribution is -2.31. The number of esters is 1. The van der Waals surface area contributed by atoms with Gasteiger partial charge in [-0.1, -0.05) is 15.9 Å². The molecular formula is C17H18BrNO4S. The second-order valence-electron chi connectivity index (χ2n) is 5.16. The van der Waals surface area contributed by atoms with E-state index in [4.69, 9.17) is 9.15 Å². The first-order chi connectivity index (χ1) is 11.5. The van der Waals surface area contributed by atoms with Gasteiger partial charge in [-0.05, 0) is 49.7 Å². The molecule has 1 N–H and O–H groups in total. The van der Waals surface area contributed by atoms with E-state index in [1.54, 1.807) is 25.3 Å². The van der Waals surface area contributed by atoms with E-state index in [0.29, 0.717) is 5.76 Å². The van der Waals surface area contributed by atoms with Gasteiger partial charge < -0.3 is 14.5 Å². The number of carbonyl (C=O) groups excluding carboxylic acids is 2. The summed E-state index contributed by atoms with van der Waals surface area (Å²) in [5, 5.41) is 2.70. The van der Waals surface area contributed by atoms with Crippen LogP contribution in [0.15, 0.2) is 50.4 Å². The van der Waals surface area contributed by atoms with E-state index < -0.39 is 5.97 Å². The highest BCUT2D eigenvalue weighted by Crippen LogP contribution is 2.25. The lowest BCUT2D eigenvalue weighted by molar-refractivity contribution is -0.146. The van der Waals surface area contributed by atoms with Gasteiger partial charge in [0.05, 0.1) is 18.1 Å². The zero-order valence-corrected chi connectivity index (χ0v) is 15.8. The maximum absolute atomic E-state index is 11.8. The number of aryl methyl sites for hydroxylation is 1. The summed E-state index contributed by atoms with van der Waals surface area (Å²) in [7, 11) is 0. The van der Waals surface area contributed by atoms with Gasteiger partial charge in [0, 0.05) is 9.37 Å². The molecule has 2 aromatic rings. The van der Waals surface area contributed by atoms with Gasteiger partial charge >= 0.3 is 5.97 Å². The molecule has 5 nitrogen and oxygen atoms in total. The Labute approximate surface area is 153 Å². The smallest absolute Gasteiger partial charge is 0.316 e. The van der Waals surface area contributed by atoms with Crippen molar-refractivity contribution in [3.63, 3.8) is 0 Å². The summed E-state index contributed by atoms with van der Waals surface area (Å²) in [6.07, 6.45) is 1.54. The molecule has 1 aromatic heterocycles. The largest absolute Gasteiger partial charge is 0.467 e. The maximum Gasteiger partial charge on any atom is 0.316 e. The Bertz CT molecular complexity index is 703. The SMILES string of the molecule is Cc1cc(Br)ccc1SCC(=O)OCC(=O)N[C@H](C)c1ccco1. The number of benzene rings is 1. The van der Waals surface area contributed by atoms with E-state index in [2.05, 4.69) is 21.2 Å². The minimum absolute atomic E-state index is 0.156. The van der Waals surface area contributed by atoms with Crippen molar-refractivity contribution in [2.75, 3.05) is 12.4 Å². The molecule has 0 fully saturated rings. The molecule has 0 aliphatic heterocycles. The minimum atomic E-state index is -0.428. The van der Waals surface area contributed by atoms with Gasteiger partial charge in [0.15, 0.2) is 6.61 Å². The number of nitrogens with one attached hydrogen (secondary N) is 1. The minimum Gasteiger partial charge on any atom is -0.467 e. The maximum atomic E-state index is 11.8. The number of hydrogen-bond donors (Lipinski definition) is 1. The Hall–Kier alpha value is -1.73. The molecule has 1 atom stereocenters. The van der Waals surface area contributed by atoms with Gasteiger partial charge in [-0.2, -0.15) is 0 Å². The molecule has 0 spiro atoms. The molecule has 1 amide bonds. The molecular weight excluding hydrogens is 394 g/mol. The molecule has 1 aromatic carbocycles. The van der Waals surface area contributed by atoms with Crippen molar-refractivity contribution in [3.8, 4) is 0 Å². The van der Waals surface area contributed by atoms with Crippen LogP contribution < -0.4 is 5.32 Å². The lowest BCUT2D eigenvalue weighted by Gasteiger charge is -2.11. The predicted molar refractivity (Wildman–Crippen MR) is 95.8 cm³/mol. The Morgan fingerprint density at radius 2 is 2.17 bits per heavy atom. The van der Waals surface area contributed by atoms with Crippen LogP contribution in [0.3, 0.4) is 0 Å². The first-order valence-corrected chi connectivity index (χ1v) is 9.11. The van der Waals surface area contributed by atoms with Crippen LogP contribution in [0.2, 0.25) is 0 Å². The highest BCUT2D eigenvalue weighted by atomic mass is 79.9. The summed E-state index contributed by atoms with van der Waals surface area (Å²) in [5.41, 5.74) is 1.08. The van der Waals surface area contributed by atoms with Crippen molar-refractivity contribution in [2.45, 2.75) is 24.8 Å². The van der Waals surface area contributed by atoms with Gasteiger partial charge in [-0.3, -0.25) is 9.59 Å². The van der Waals surface area contributed by atoms with E-state index in [-0.39, 0.29) is 24.3 Å². The number of amides is 1. The first-order valence-electron chi connectivity index (χ1n) is 7.33. The van der Waals surface area contributed by atoms with E-state index in [9.17, 15) is 9.59 Å². The van der Waals surface area contributed by atoms with E-state index in [0.717, 1.165) is 14.9 Å². The van der Waals surface area contributed by atoms with Crippen molar-refractivity contribution >= 4 is 39.6 Å². The van der Waals surface area contributed by atoms with Crippen LogP contribution in [0, 0.1) is 6.92 Å².